The van der Waals surface area contributed by atoms with Gasteiger partial charge in [0.2, 0.25) is 11.8 Å². The molecule has 148 valence electrons. The van der Waals surface area contributed by atoms with Crippen molar-refractivity contribution in [2.75, 3.05) is 13.1 Å². The van der Waals surface area contributed by atoms with Crippen molar-refractivity contribution < 1.29 is 14.4 Å². The Balaban J connectivity index is 1.26. The molecule has 28 heavy (non-hydrogen) atoms. The van der Waals surface area contributed by atoms with Crippen molar-refractivity contribution in [3.05, 3.63) is 34.9 Å². The molecular weight excluding hydrogens is 356 g/mol. The highest BCUT2D eigenvalue weighted by molar-refractivity contribution is 6.05. The van der Waals surface area contributed by atoms with Crippen molar-refractivity contribution in [1.82, 2.24) is 20.9 Å². The summed E-state index contributed by atoms with van der Waals surface area (Å²) >= 11 is 0. The molecule has 3 aliphatic heterocycles. The second kappa shape index (κ2) is 6.97. The van der Waals surface area contributed by atoms with Crippen LogP contribution in [-0.2, 0) is 22.7 Å². The van der Waals surface area contributed by atoms with Gasteiger partial charge in [0.05, 0.1) is 0 Å². The smallest absolute Gasteiger partial charge is 0.255 e. The molecule has 3 amide bonds. The van der Waals surface area contributed by atoms with E-state index in [2.05, 4.69) is 22.0 Å². The zero-order valence-electron chi connectivity index (χ0n) is 15.9. The third-order valence-electron chi connectivity index (χ3n) is 6.92. The molecule has 1 saturated carbocycles. The number of nitrogens with one attached hydrogen (secondary N) is 3. The van der Waals surface area contributed by atoms with E-state index in [9.17, 15) is 14.4 Å². The lowest BCUT2D eigenvalue weighted by atomic mass is 9.97. The van der Waals surface area contributed by atoms with Crippen molar-refractivity contribution in [1.29, 1.82) is 0 Å². The average molecular weight is 382 g/mol. The van der Waals surface area contributed by atoms with Crippen LogP contribution in [0.2, 0.25) is 0 Å². The second-order valence-electron chi connectivity index (χ2n) is 8.54. The van der Waals surface area contributed by atoms with E-state index in [4.69, 9.17) is 0 Å². The van der Waals surface area contributed by atoms with Crippen molar-refractivity contribution >= 4 is 17.7 Å². The summed E-state index contributed by atoms with van der Waals surface area (Å²) in [4.78, 5) is 38.1. The van der Waals surface area contributed by atoms with Gasteiger partial charge in [-0.1, -0.05) is 12.1 Å². The highest BCUT2D eigenvalue weighted by Crippen LogP contribution is 2.35. The molecule has 1 aliphatic carbocycles. The maximum absolute atomic E-state index is 12.9. The zero-order chi connectivity index (χ0) is 19.3. The summed E-state index contributed by atoms with van der Waals surface area (Å²) < 4.78 is 0. The van der Waals surface area contributed by atoms with Crippen LogP contribution in [0, 0.1) is 11.8 Å². The minimum absolute atomic E-state index is 0.104. The number of carbonyl (C=O) groups is 3. The number of hydrogen-bond acceptors (Lipinski definition) is 5. The van der Waals surface area contributed by atoms with Crippen LogP contribution in [0.15, 0.2) is 18.2 Å². The maximum Gasteiger partial charge on any atom is 0.255 e. The van der Waals surface area contributed by atoms with E-state index in [1.54, 1.807) is 4.90 Å². The second-order valence-corrected chi connectivity index (χ2v) is 8.54. The van der Waals surface area contributed by atoms with Crippen molar-refractivity contribution in [3.63, 3.8) is 0 Å². The SMILES string of the molecule is O=C1CCC(N2Cc3ccc(CNC4CCC5CNCC54)cc3C2=O)C(=O)N1. The van der Waals surface area contributed by atoms with Gasteiger partial charge in [0.15, 0.2) is 0 Å². The maximum atomic E-state index is 12.9. The number of hydrogen-bond donors (Lipinski definition) is 3. The van der Waals surface area contributed by atoms with Gasteiger partial charge >= 0.3 is 0 Å². The third-order valence-corrected chi connectivity index (χ3v) is 6.92. The van der Waals surface area contributed by atoms with Gasteiger partial charge in [-0.2, -0.15) is 0 Å². The molecule has 4 aliphatic rings. The Morgan fingerprint density at radius 2 is 2.00 bits per heavy atom. The molecule has 3 heterocycles. The van der Waals surface area contributed by atoms with Crippen LogP contribution in [0.25, 0.3) is 0 Å². The van der Waals surface area contributed by atoms with Crippen LogP contribution in [0.3, 0.4) is 0 Å². The first-order valence-corrected chi connectivity index (χ1v) is 10.3. The largest absolute Gasteiger partial charge is 0.322 e. The first kappa shape index (κ1) is 17.8. The van der Waals surface area contributed by atoms with Gasteiger partial charge in [0.1, 0.15) is 6.04 Å². The quantitative estimate of drug-likeness (QED) is 0.661. The Morgan fingerprint density at radius 1 is 1.11 bits per heavy atom. The standard InChI is InChI=1S/C21H26N4O3/c26-19-6-5-18(20(27)24-19)25-11-14-2-1-12(7-15(14)21(25)28)8-23-17-4-3-13-9-22-10-16(13)17/h1-2,7,13,16-18,22-23H,3-6,8-11H2,(H,24,26,27). The molecule has 1 aromatic rings. The van der Waals surface area contributed by atoms with Crippen LogP contribution < -0.4 is 16.0 Å². The molecule has 1 aromatic carbocycles. The van der Waals surface area contributed by atoms with Gasteiger partial charge in [0.25, 0.3) is 5.91 Å². The first-order chi connectivity index (χ1) is 13.6. The number of imide groups is 1. The number of fused-ring (bicyclic) bond motifs is 2. The predicted octanol–water partition coefficient (Wildman–Crippen LogP) is 0.535. The molecule has 4 atom stereocenters. The molecule has 0 spiro atoms. The third kappa shape index (κ3) is 3.02. The molecule has 3 N–H and O–H groups in total. The van der Waals surface area contributed by atoms with Crippen LogP contribution in [0.5, 0.6) is 0 Å². The van der Waals surface area contributed by atoms with E-state index in [0.717, 1.165) is 42.6 Å². The van der Waals surface area contributed by atoms with Crippen LogP contribution in [-0.4, -0.2) is 47.8 Å². The minimum Gasteiger partial charge on any atom is -0.322 e. The summed E-state index contributed by atoms with van der Waals surface area (Å²) in [7, 11) is 0. The molecule has 0 radical (unpaired) electrons. The molecule has 0 bridgehead atoms. The van der Waals surface area contributed by atoms with Crippen LogP contribution in [0.4, 0.5) is 0 Å². The lowest BCUT2D eigenvalue weighted by molar-refractivity contribution is -0.136. The molecule has 3 fully saturated rings. The van der Waals surface area contributed by atoms with E-state index < -0.39 is 6.04 Å². The fourth-order valence-electron chi connectivity index (χ4n) is 5.36. The van der Waals surface area contributed by atoms with Crippen molar-refractivity contribution in [2.45, 2.75) is 50.9 Å². The van der Waals surface area contributed by atoms with Crippen LogP contribution in [0.1, 0.15) is 47.2 Å². The Hall–Kier alpha value is -2.25. The fraction of sp³-hybridized carbons (Fsp3) is 0.571. The number of benzene rings is 1. The molecule has 4 unspecified atom stereocenters. The molecule has 7 nitrogen and oxygen atoms in total. The molecule has 5 rings (SSSR count). The normalized spacial score (nSPS) is 31.9. The molecule has 7 heteroatoms. The van der Waals surface area contributed by atoms with E-state index in [-0.39, 0.29) is 24.1 Å². The Labute approximate surface area is 164 Å². The lowest BCUT2D eigenvalue weighted by Crippen LogP contribution is -2.52. The van der Waals surface area contributed by atoms with Gasteiger partial charge in [0, 0.05) is 31.1 Å². The minimum atomic E-state index is -0.551. The monoisotopic (exact) mass is 382 g/mol. The van der Waals surface area contributed by atoms with E-state index >= 15 is 0 Å². The summed E-state index contributed by atoms with van der Waals surface area (Å²) in [6, 6.07) is 6.04. The van der Waals surface area contributed by atoms with E-state index in [1.165, 1.54) is 12.8 Å². The number of rotatable bonds is 4. The van der Waals surface area contributed by atoms with E-state index in [1.807, 2.05) is 12.1 Å². The lowest BCUT2D eigenvalue weighted by Gasteiger charge is -2.29. The van der Waals surface area contributed by atoms with Crippen molar-refractivity contribution in [2.24, 2.45) is 11.8 Å². The van der Waals surface area contributed by atoms with Gasteiger partial charge in [-0.15, -0.1) is 0 Å². The number of nitrogens with zero attached hydrogens (tertiary/aromatic N) is 1. The number of piperidine rings is 1. The zero-order valence-corrected chi connectivity index (χ0v) is 15.9. The Morgan fingerprint density at radius 3 is 2.86 bits per heavy atom. The Bertz CT molecular complexity index is 839. The fourth-order valence-corrected chi connectivity index (χ4v) is 5.36. The summed E-state index contributed by atoms with van der Waals surface area (Å²) in [5.41, 5.74) is 2.75. The van der Waals surface area contributed by atoms with Gasteiger partial charge in [-0.3, -0.25) is 19.7 Å². The molecular formula is C21H26N4O3. The average Bonchev–Trinajstić information content (AvgIpc) is 3.36. The summed E-state index contributed by atoms with van der Waals surface area (Å²) in [5, 5.41) is 9.53. The highest BCUT2D eigenvalue weighted by Gasteiger charge is 2.40. The number of amides is 3. The summed E-state index contributed by atoms with van der Waals surface area (Å²) in [6.07, 6.45) is 3.20. The van der Waals surface area contributed by atoms with Gasteiger partial charge in [-0.05, 0) is 61.4 Å². The van der Waals surface area contributed by atoms with Gasteiger partial charge in [-0.25, -0.2) is 0 Å². The highest BCUT2D eigenvalue weighted by atomic mass is 16.2. The van der Waals surface area contributed by atoms with E-state index in [0.29, 0.717) is 24.6 Å². The molecule has 0 aromatic heterocycles. The first-order valence-electron chi connectivity index (χ1n) is 10.3. The Kier molecular flexibility index (Phi) is 4.44. The van der Waals surface area contributed by atoms with Crippen molar-refractivity contribution in [3.8, 4) is 0 Å². The van der Waals surface area contributed by atoms with Gasteiger partial charge < -0.3 is 15.5 Å². The molecule has 2 saturated heterocycles. The van der Waals surface area contributed by atoms with Crippen LogP contribution >= 0.6 is 0 Å². The summed E-state index contributed by atoms with van der Waals surface area (Å²) in [6.45, 7) is 3.44. The number of carbonyl (C=O) groups excluding carboxylic acids is 3. The topological polar surface area (TPSA) is 90.5 Å². The predicted molar refractivity (Wildman–Crippen MR) is 102 cm³/mol. The summed E-state index contributed by atoms with van der Waals surface area (Å²) in [5.74, 6) is 0.804.